The van der Waals surface area contributed by atoms with Crippen LogP contribution in [0.4, 0.5) is 11.4 Å². The van der Waals surface area contributed by atoms with Crippen molar-refractivity contribution >= 4 is 34.9 Å². The summed E-state index contributed by atoms with van der Waals surface area (Å²) in [6, 6.07) is 25.8. The molecule has 0 aliphatic carbocycles. The third-order valence-electron chi connectivity index (χ3n) is 8.80. The fourth-order valence-electron chi connectivity index (χ4n) is 7.01. The minimum absolute atomic E-state index is 0.102. The van der Waals surface area contributed by atoms with Crippen LogP contribution in [0.1, 0.15) is 49.0 Å². The van der Waals surface area contributed by atoms with Crippen LogP contribution in [0.3, 0.4) is 0 Å². The van der Waals surface area contributed by atoms with Gasteiger partial charge in [-0.15, -0.1) is 0 Å². The molecule has 3 aliphatic rings. The standard InChI is InChI=1S/C34H25N3O5/c1-20-13-15-22(16-14-20)30(38)28-29(31(39)23-8-6-9-24(19-23)37(41)42)36-18-17-21-7-2-3-10-25(21)32(36)34(28)26-11-4-5-12-27(26)35-33(34)40/h2-19,28-29,32H,1H3,(H,35,40)/t28-,29+,32+,34+/m0/s1. The number of hydrogen-bond acceptors (Lipinski definition) is 6. The molecular formula is C34H25N3O5. The molecule has 3 heterocycles. The van der Waals surface area contributed by atoms with Gasteiger partial charge in [-0.2, -0.15) is 0 Å². The molecule has 1 N–H and O–H groups in total. The van der Waals surface area contributed by atoms with Crippen molar-refractivity contribution in [2.45, 2.75) is 24.4 Å². The van der Waals surface area contributed by atoms with Crippen molar-refractivity contribution in [1.82, 2.24) is 4.90 Å². The molecule has 1 spiro atoms. The summed E-state index contributed by atoms with van der Waals surface area (Å²) in [5.74, 6) is -2.31. The first-order valence-corrected chi connectivity index (χ1v) is 13.7. The number of fused-ring (bicyclic) bond motifs is 6. The van der Waals surface area contributed by atoms with E-state index in [4.69, 9.17) is 0 Å². The van der Waals surface area contributed by atoms with Crippen LogP contribution in [-0.2, 0) is 10.2 Å². The van der Waals surface area contributed by atoms with Crippen LogP contribution in [0, 0.1) is 23.0 Å². The van der Waals surface area contributed by atoms with Crippen molar-refractivity contribution in [2.75, 3.05) is 5.32 Å². The maximum absolute atomic E-state index is 14.8. The van der Waals surface area contributed by atoms with Crippen LogP contribution in [0.15, 0.2) is 103 Å². The number of nitro benzene ring substituents is 1. The van der Waals surface area contributed by atoms with Gasteiger partial charge in [0.25, 0.3) is 5.69 Å². The van der Waals surface area contributed by atoms with E-state index < -0.39 is 34.1 Å². The number of amides is 1. The van der Waals surface area contributed by atoms with Crippen molar-refractivity contribution < 1.29 is 19.3 Å². The molecule has 1 fully saturated rings. The zero-order chi connectivity index (χ0) is 29.2. The molecule has 0 radical (unpaired) electrons. The fraction of sp³-hybridized carbons (Fsp3) is 0.147. The van der Waals surface area contributed by atoms with Gasteiger partial charge in [0.05, 0.1) is 16.9 Å². The minimum Gasteiger partial charge on any atom is -0.358 e. The second-order valence-electron chi connectivity index (χ2n) is 11.0. The minimum atomic E-state index is -1.46. The van der Waals surface area contributed by atoms with Crippen LogP contribution in [-0.4, -0.2) is 33.3 Å². The largest absolute Gasteiger partial charge is 0.358 e. The number of nitrogens with one attached hydrogen (secondary N) is 1. The van der Waals surface area contributed by atoms with E-state index in [0.717, 1.165) is 16.7 Å². The number of hydrogen-bond donors (Lipinski definition) is 1. The Bertz CT molecular complexity index is 1850. The Morgan fingerprint density at radius 3 is 2.40 bits per heavy atom. The van der Waals surface area contributed by atoms with Gasteiger partial charge in [-0.3, -0.25) is 24.5 Å². The molecule has 8 heteroatoms. The predicted molar refractivity (Wildman–Crippen MR) is 157 cm³/mol. The topological polar surface area (TPSA) is 110 Å². The average molecular weight is 556 g/mol. The molecule has 8 nitrogen and oxygen atoms in total. The lowest BCUT2D eigenvalue weighted by Crippen LogP contribution is -2.49. The monoisotopic (exact) mass is 555 g/mol. The molecule has 206 valence electrons. The average Bonchev–Trinajstić information content (AvgIpc) is 3.49. The number of anilines is 1. The third kappa shape index (κ3) is 3.51. The molecule has 4 atom stereocenters. The van der Waals surface area contributed by atoms with Crippen molar-refractivity contribution in [3.63, 3.8) is 0 Å². The van der Waals surface area contributed by atoms with Crippen LogP contribution in [0.2, 0.25) is 0 Å². The third-order valence-corrected chi connectivity index (χ3v) is 8.80. The number of carbonyl (C=O) groups is 3. The summed E-state index contributed by atoms with van der Waals surface area (Å²) in [5.41, 5.74) is 2.73. The molecule has 4 aromatic carbocycles. The van der Waals surface area contributed by atoms with Gasteiger partial charge in [0.2, 0.25) is 5.91 Å². The smallest absolute Gasteiger partial charge is 0.270 e. The van der Waals surface area contributed by atoms with E-state index >= 15 is 0 Å². The molecule has 0 unspecified atom stereocenters. The summed E-state index contributed by atoms with van der Waals surface area (Å²) in [5, 5.41) is 14.6. The molecule has 0 bridgehead atoms. The number of Topliss-reactive ketones (excluding diaryl/α,β-unsaturated/α-hetero) is 2. The first kappa shape index (κ1) is 25.6. The lowest BCUT2D eigenvalue weighted by molar-refractivity contribution is -0.384. The van der Waals surface area contributed by atoms with Gasteiger partial charge < -0.3 is 10.2 Å². The number of aryl methyl sites for hydroxylation is 1. The Morgan fingerprint density at radius 2 is 1.62 bits per heavy atom. The first-order valence-electron chi connectivity index (χ1n) is 13.7. The van der Waals surface area contributed by atoms with Gasteiger partial charge in [0, 0.05) is 35.1 Å². The highest BCUT2D eigenvalue weighted by Gasteiger charge is 2.70. The normalized spacial score (nSPS) is 23.2. The summed E-state index contributed by atoms with van der Waals surface area (Å²) >= 11 is 0. The summed E-state index contributed by atoms with van der Waals surface area (Å²) < 4.78 is 0. The molecule has 1 amide bonds. The van der Waals surface area contributed by atoms with E-state index in [1.54, 1.807) is 24.4 Å². The van der Waals surface area contributed by atoms with Crippen molar-refractivity contribution in [3.8, 4) is 0 Å². The maximum Gasteiger partial charge on any atom is 0.270 e. The fourth-order valence-corrected chi connectivity index (χ4v) is 7.01. The Morgan fingerprint density at radius 1 is 0.881 bits per heavy atom. The highest BCUT2D eigenvalue weighted by Crippen LogP contribution is 2.62. The number of nitrogens with zero attached hydrogens (tertiary/aromatic N) is 2. The summed E-state index contributed by atoms with van der Waals surface area (Å²) in [6.07, 6.45) is 3.66. The van der Waals surface area contributed by atoms with Crippen molar-refractivity contribution in [2.24, 2.45) is 5.92 Å². The summed E-state index contributed by atoms with van der Waals surface area (Å²) in [4.78, 5) is 56.6. The summed E-state index contributed by atoms with van der Waals surface area (Å²) in [7, 11) is 0. The molecule has 42 heavy (non-hydrogen) atoms. The van der Waals surface area contributed by atoms with Gasteiger partial charge >= 0.3 is 0 Å². The molecule has 1 saturated heterocycles. The first-order chi connectivity index (χ1) is 20.3. The van der Waals surface area contributed by atoms with Crippen molar-refractivity contribution in [1.29, 1.82) is 0 Å². The Balaban J connectivity index is 1.53. The van der Waals surface area contributed by atoms with Gasteiger partial charge in [-0.05, 0) is 35.8 Å². The zero-order valence-electron chi connectivity index (χ0n) is 22.6. The number of carbonyl (C=O) groups excluding carboxylic acids is 3. The van der Waals surface area contributed by atoms with Crippen molar-refractivity contribution in [3.05, 3.63) is 147 Å². The van der Waals surface area contributed by atoms with E-state index in [9.17, 15) is 24.5 Å². The van der Waals surface area contributed by atoms with E-state index in [1.165, 1.54) is 24.3 Å². The van der Waals surface area contributed by atoms with E-state index in [1.807, 2.05) is 72.5 Å². The number of ketones is 2. The predicted octanol–water partition coefficient (Wildman–Crippen LogP) is 5.88. The van der Waals surface area contributed by atoms with Crippen LogP contribution < -0.4 is 5.32 Å². The Hall–Kier alpha value is -5.37. The van der Waals surface area contributed by atoms with Gasteiger partial charge in [0.15, 0.2) is 11.6 Å². The second-order valence-corrected chi connectivity index (χ2v) is 11.0. The van der Waals surface area contributed by atoms with Gasteiger partial charge in [-0.25, -0.2) is 0 Å². The van der Waals surface area contributed by atoms with Crippen LogP contribution in [0.5, 0.6) is 0 Å². The molecule has 4 aromatic rings. The quantitative estimate of drug-likeness (QED) is 0.187. The lowest BCUT2D eigenvalue weighted by atomic mass is 9.62. The van der Waals surface area contributed by atoms with E-state index in [2.05, 4.69) is 5.32 Å². The van der Waals surface area contributed by atoms with Gasteiger partial charge in [0.1, 0.15) is 11.5 Å². The molecular weight excluding hydrogens is 530 g/mol. The zero-order valence-corrected chi connectivity index (χ0v) is 22.6. The summed E-state index contributed by atoms with van der Waals surface area (Å²) in [6.45, 7) is 1.92. The molecule has 7 rings (SSSR count). The molecule has 0 saturated carbocycles. The number of rotatable bonds is 5. The molecule has 3 aliphatic heterocycles. The number of non-ortho nitro benzene ring substituents is 1. The number of para-hydroxylation sites is 1. The number of benzene rings is 4. The second kappa shape index (κ2) is 9.34. The van der Waals surface area contributed by atoms with E-state index in [0.29, 0.717) is 16.8 Å². The maximum atomic E-state index is 14.8. The lowest BCUT2D eigenvalue weighted by Gasteiger charge is -2.38. The Labute approximate surface area is 241 Å². The SMILES string of the molecule is Cc1ccc(C(=O)[C@@H]2[C@H](C(=O)c3cccc([N+](=O)[O-])c3)N3C=Cc4ccccc4[C@@H]3[C@]23C(=O)Nc2ccccc23)cc1. The van der Waals surface area contributed by atoms with E-state index in [-0.39, 0.29) is 22.9 Å². The highest BCUT2D eigenvalue weighted by atomic mass is 16.6. The molecule has 0 aromatic heterocycles. The Kier molecular flexibility index (Phi) is 5.69. The van der Waals surface area contributed by atoms with Gasteiger partial charge in [-0.1, -0.05) is 84.4 Å². The highest BCUT2D eigenvalue weighted by molar-refractivity contribution is 6.16. The van der Waals surface area contributed by atoms with Crippen LogP contribution >= 0.6 is 0 Å². The number of nitro groups is 1. The van der Waals surface area contributed by atoms with Crippen LogP contribution in [0.25, 0.3) is 6.08 Å².